The number of hydrogen-bond acceptors (Lipinski definition) is 3. The first-order valence-corrected chi connectivity index (χ1v) is 7.94. The van der Waals surface area contributed by atoms with Crippen LogP contribution in [0.3, 0.4) is 0 Å². The molecule has 1 atom stereocenters. The lowest BCUT2D eigenvalue weighted by atomic mass is 9.88. The Labute approximate surface area is 153 Å². The van der Waals surface area contributed by atoms with Crippen molar-refractivity contribution in [2.45, 2.75) is 39.2 Å². The molecule has 0 aliphatic carbocycles. The van der Waals surface area contributed by atoms with E-state index in [0.29, 0.717) is 19.0 Å². The van der Waals surface area contributed by atoms with Crippen LogP contribution < -0.4 is 16.4 Å². The van der Waals surface area contributed by atoms with E-state index in [1.807, 2.05) is 20.8 Å². The second kappa shape index (κ2) is 10.3. The first-order chi connectivity index (χ1) is 11.2. The van der Waals surface area contributed by atoms with E-state index < -0.39 is 23.1 Å². The molecule has 1 aromatic rings. The van der Waals surface area contributed by atoms with E-state index in [0.717, 1.165) is 12.1 Å². The zero-order valence-electron chi connectivity index (χ0n) is 14.7. The van der Waals surface area contributed by atoms with Crippen molar-refractivity contribution < 1.29 is 18.4 Å². The number of carbonyl (C=O) groups excluding carboxylic acids is 2. The van der Waals surface area contributed by atoms with Gasteiger partial charge in [-0.15, -0.1) is 12.4 Å². The second-order valence-electron chi connectivity index (χ2n) is 6.31. The van der Waals surface area contributed by atoms with Crippen LogP contribution in [0.15, 0.2) is 18.2 Å². The number of amides is 2. The van der Waals surface area contributed by atoms with Crippen molar-refractivity contribution in [3.8, 4) is 0 Å². The van der Waals surface area contributed by atoms with Gasteiger partial charge in [0.2, 0.25) is 5.91 Å². The van der Waals surface area contributed by atoms with E-state index in [2.05, 4.69) is 10.6 Å². The third-order valence-electron chi connectivity index (χ3n) is 4.17. The Morgan fingerprint density at radius 1 is 1.28 bits per heavy atom. The molecule has 0 aromatic heterocycles. The Balaban J connectivity index is 0.00000576. The molecule has 25 heavy (non-hydrogen) atoms. The van der Waals surface area contributed by atoms with Crippen LogP contribution in [0.1, 0.15) is 44.0 Å². The second-order valence-corrected chi connectivity index (χ2v) is 6.31. The molecular weight excluding hydrogens is 352 g/mol. The zero-order valence-corrected chi connectivity index (χ0v) is 15.5. The van der Waals surface area contributed by atoms with E-state index in [9.17, 15) is 18.4 Å². The Morgan fingerprint density at radius 3 is 2.44 bits per heavy atom. The summed E-state index contributed by atoms with van der Waals surface area (Å²) in [5.41, 5.74) is 5.01. The van der Waals surface area contributed by atoms with Crippen LogP contribution in [0.5, 0.6) is 0 Å². The molecule has 8 heteroatoms. The van der Waals surface area contributed by atoms with Crippen LogP contribution in [0.4, 0.5) is 8.78 Å². The van der Waals surface area contributed by atoms with Crippen LogP contribution in [0, 0.1) is 17.6 Å². The smallest absolute Gasteiger partial charge is 0.254 e. The molecule has 1 unspecified atom stereocenters. The highest BCUT2D eigenvalue weighted by Crippen LogP contribution is 2.15. The monoisotopic (exact) mass is 377 g/mol. The Morgan fingerprint density at radius 2 is 1.92 bits per heavy atom. The first kappa shape index (κ1) is 23.3. The SMILES string of the molecule is CC(C)C(C)(CN)NC(=O)CCCNC(=O)c1ccc(F)cc1F.Cl. The summed E-state index contributed by atoms with van der Waals surface area (Å²) in [7, 11) is 0. The van der Waals surface area contributed by atoms with Gasteiger partial charge < -0.3 is 16.4 Å². The molecule has 5 nitrogen and oxygen atoms in total. The van der Waals surface area contributed by atoms with Gasteiger partial charge in [0.25, 0.3) is 5.91 Å². The van der Waals surface area contributed by atoms with Crippen molar-refractivity contribution in [3.63, 3.8) is 0 Å². The van der Waals surface area contributed by atoms with Gasteiger partial charge in [-0.3, -0.25) is 9.59 Å². The minimum Gasteiger partial charge on any atom is -0.352 e. The van der Waals surface area contributed by atoms with Crippen molar-refractivity contribution >= 4 is 24.2 Å². The van der Waals surface area contributed by atoms with Crippen LogP contribution in [0.2, 0.25) is 0 Å². The molecular formula is C17H26ClF2N3O2. The lowest BCUT2D eigenvalue weighted by Gasteiger charge is -2.33. The fourth-order valence-electron chi connectivity index (χ4n) is 2.03. The predicted molar refractivity (Wildman–Crippen MR) is 95.6 cm³/mol. The van der Waals surface area contributed by atoms with Crippen molar-refractivity contribution in [1.29, 1.82) is 0 Å². The van der Waals surface area contributed by atoms with Gasteiger partial charge in [-0.1, -0.05) is 13.8 Å². The van der Waals surface area contributed by atoms with E-state index in [-0.39, 0.29) is 42.8 Å². The van der Waals surface area contributed by atoms with E-state index in [1.165, 1.54) is 0 Å². The fraction of sp³-hybridized carbons (Fsp3) is 0.529. The minimum absolute atomic E-state index is 0. The summed E-state index contributed by atoms with van der Waals surface area (Å²) in [6, 6.07) is 2.76. The molecule has 0 radical (unpaired) electrons. The van der Waals surface area contributed by atoms with Crippen LogP contribution in [-0.4, -0.2) is 30.4 Å². The fourth-order valence-corrected chi connectivity index (χ4v) is 2.03. The predicted octanol–water partition coefficient (Wildman–Crippen LogP) is 2.39. The highest BCUT2D eigenvalue weighted by Gasteiger charge is 2.28. The lowest BCUT2D eigenvalue weighted by Crippen LogP contribution is -2.55. The Bertz CT molecular complexity index is 599. The molecule has 2 amide bonds. The number of carbonyl (C=O) groups is 2. The average molecular weight is 378 g/mol. The number of halogens is 3. The summed E-state index contributed by atoms with van der Waals surface area (Å²) in [4.78, 5) is 23.7. The molecule has 0 bridgehead atoms. The van der Waals surface area contributed by atoms with E-state index in [1.54, 1.807) is 0 Å². The quantitative estimate of drug-likeness (QED) is 0.608. The zero-order chi connectivity index (χ0) is 18.3. The highest BCUT2D eigenvalue weighted by molar-refractivity contribution is 5.94. The molecule has 0 aliphatic rings. The van der Waals surface area contributed by atoms with Crippen LogP contribution in [0.25, 0.3) is 0 Å². The molecule has 0 saturated carbocycles. The molecule has 0 saturated heterocycles. The van der Waals surface area contributed by atoms with Gasteiger partial charge in [0.15, 0.2) is 0 Å². The number of rotatable bonds is 8. The van der Waals surface area contributed by atoms with Gasteiger partial charge in [-0.05, 0) is 31.4 Å². The molecule has 1 aromatic carbocycles. The van der Waals surface area contributed by atoms with Crippen molar-refractivity contribution in [2.75, 3.05) is 13.1 Å². The molecule has 0 aliphatic heterocycles. The Kier molecular flexibility index (Phi) is 9.59. The van der Waals surface area contributed by atoms with Crippen LogP contribution >= 0.6 is 12.4 Å². The molecule has 0 fully saturated rings. The van der Waals surface area contributed by atoms with Crippen molar-refractivity contribution in [2.24, 2.45) is 11.7 Å². The maximum absolute atomic E-state index is 13.5. The molecule has 1 rings (SSSR count). The van der Waals surface area contributed by atoms with Gasteiger partial charge >= 0.3 is 0 Å². The van der Waals surface area contributed by atoms with E-state index in [4.69, 9.17) is 5.73 Å². The van der Waals surface area contributed by atoms with E-state index >= 15 is 0 Å². The summed E-state index contributed by atoms with van der Waals surface area (Å²) < 4.78 is 26.3. The highest BCUT2D eigenvalue weighted by atomic mass is 35.5. The molecule has 0 spiro atoms. The number of nitrogens with one attached hydrogen (secondary N) is 2. The summed E-state index contributed by atoms with van der Waals surface area (Å²) >= 11 is 0. The van der Waals surface area contributed by atoms with Gasteiger partial charge in [0.1, 0.15) is 11.6 Å². The topological polar surface area (TPSA) is 84.2 Å². The Hall–Kier alpha value is -1.73. The summed E-state index contributed by atoms with van der Waals surface area (Å²) in [6.45, 7) is 6.38. The standard InChI is InChI=1S/C17H25F2N3O2.ClH/c1-11(2)17(3,10-20)22-15(23)5-4-8-21-16(24)13-7-6-12(18)9-14(13)19;/h6-7,9,11H,4-5,8,10,20H2,1-3H3,(H,21,24)(H,22,23);1H. The molecule has 0 heterocycles. The third-order valence-corrected chi connectivity index (χ3v) is 4.17. The normalized spacial score (nSPS) is 12.9. The van der Waals surface area contributed by atoms with Gasteiger partial charge in [-0.25, -0.2) is 8.78 Å². The lowest BCUT2D eigenvalue weighted by molar-refractivity contribution is -0.123. The van der Waals surface area contributed by atoms with Crippen molar-refractivity contribution in [3.05, 3.63) is 35.4 Å². The van der Waals surface area contributed by atoms with Crippen molar-refractivity contribution in [1.82, 2.24) is 10.6 Å². The largest absolute Gasteiger partial charge is 0.352 e. The van der Waals surface area contributed by atoms with Gasteiger partial charge in [0.05, 0.1) is 11.1 Å². The van der Waals surface area contributed by atoms with Crippen LogP contribution in [-0.2, 0) is 4.79 Å². The summed E-state index contributed by atoms with van der Waals surface area (Å²) in [5.74, 6) is -2.26. The summed E-state index contributed by atoms with van der Waals surface area (Å²) in [5, 5.41) is 5.41. The number of hydrogen-bond donors (Lipinski definition) is 3. The molecule has 142 valence electrons. The maximum atomic E-state index is 13.5. The number of nitrogens with two attached hydrogens (primary N) is 1. The molecule has 4 N–H and O–H groups in total. The first-order valence-electron chi connectivity index (χ1n) is 7.94. The van der Waals surface area contributed by atoms with Gasteiger partial charge in [0, 0.05) is 25.6 Å². The minimum atomic E-state index is -0.916. The van der Waals surface area contributed by atoms with Gasteiger partial charge in [-0.2, -0.15) is 0 Å². The number of benzene rings is 1. The average Bonchev–Trinajstić information content (AvgIpc) is 2.51. The third kappa shape index (κ3) is 6.96. The maximum Gasteiger partial charge on any atom is 0.254 e. The summed E-state index contributed by atoms with van der Waals surface area (Å²) in [6.07, 6.45) is 0.619.